The van der Waals surface area contributed by atoms with Crippen molar-refractivity contribution in [2.24, 2.45) is 0 Å². The van der Waals surface area contributed by atoms with E-state index in [1.54, 1.807) is 6.33 Å². The maximum Gasteiger partial charge on any atom is 0.225 e. The first-order valence-electron chi connectivity index (χ1n) is 8.92. The molecule has 0 saturated heterocycles. The first-order valence-corrected chi connectivity index (χ1v) is 9.74. The van der Waals surface area contributed by atoms with E-state index in [4.69, 9.17) is 4.74 Å². The molecule has 2 aromatic rings. The van der Waals surface area contributed by atoms with E-state index in [0.717, 1.165) is 30.1 Å². The summed E-state index contributed by atoms with van der Waals surface area (Å²) in [5, 5.41) is 4.75. The van der Waals surface area contributed by atoms with Crippen molar-refractivity contribution in [3.05, 3.63) is 16.8 Å². The molecule has 2 heterocycles. The fraction of sp³-hybridized carbons (Fsp3) is 0.667. The van der Waals surface area contributed by atoms with Crippen molar-refractivity contribution in [2.75, 3.05) is 6.54 Å². The second-order valence-electron chi connectivity index (χ2n) is 6.89. The van der Waals surface area contributed by atoms with E-state index >= 15 is 0 Å². The number of aromatic nitrogens is 2. The second-order valence-corrected chi connectivity index (χ2v) is 7.97. The molecule has 124 valence electrons. The van der Waals surface area contributed by atoms with Crippen molar-refractivity contribution in [2.45, 2.75) is 70.4 Å². The molecule has 2 aliphatic rings. The van der Waals surface area contributed by atoms with Crippen LogP contribution in [0.1, 0.15) is 62.3 Å². The van der Waals surface area contributed by atoms with Crippen molar-refractivity contribution < 1.29 is 4.74 Å². The topological polar surface area (TPSA) is 47.0 Å². The van der Waals surface area contributed by atoms with E-state index in [2.05, 4.69) is 29.1 Å². The Bertz CT molecular complexity index is 691. The lowest BCUT2D eigenvalue weighted by atomic mass is 9.93. The maximum absolute atomic E-state index is 6.35. The normalized spacial score (nSPS) is 27.3. The lowest BCUT2D eigenvalue weighted by molar-refractivity contribution is 0.136. The van der Waals surface area contributed by atoms with Crippen LogP contribution in [-0.4, -0.2) is 28.7 Å². The fourth-order valence-electron chi connectivity index (χ4n) is 4.09. The Morgan fingerprint density at radius 1 is 1.22 bits per heavy atom. The Morgan fingerprint density at radius 2 is 2.04 bits per heavy atom. The molecular formula is C18H25N3OS. The maximum atomic E-state index is 6.35. The number of thiophene rings is 1. The summed E-state index contributed by atoms with van der Waals surface area (Å²) in [6.45, 7) is 5.55. The van der Waals surface area contributed by atoms with Gasteiger partial charge in [-0.25, -0.2) is 9.97 Å². The lowest BCUT2D eigenvalue weighted by Crippen LogP contribution is -2.36. The summed E-state index contributed by atoms with van der Waals surface area (Å²) in [6.07, 6.45) is 9.03. The zero-order chi connectivity index (χ0) is 15.8. The van der Waals surface area contributed by atoms with E-state index in [1.807, 2.05) is 11.3 Å². The van der Waals surface area contributed by atoms with Gasteiger partial charge in [0.15, 0.2) is 0 Å². The van der Waals surface area contributed by atoms with Crippen molar-refractivity contribution in [1.29, 1.82) is 0 Å². The molecule has 0 radical (unpaired) electrons. The Labute approximate surface area is 141 Å². The summed E-state index contributed by atoms with van der Waals surface area (Å²) in [7, 11) is 0. The van der Waals surface area contributed by atoms with E-state index in [1.165, 1.54) is 41.5 Å². The highest BCUT2D eigenvalue weighted by Crippen LogP contribution is 2.45. The van der Waals surface area contributed by atoms with Gasteiger partial charge in [-0.15, -0.1) is 11.3 Å². The minimum Gasteiger partial charge on any atom is -0.474 e. The third-order valence-corrected chi connectivity index (χ3v) is 6.48. The minimum absolute atomic E-state index is 0.301. The highest BCUT2D eigenvalue weighted by Gasteiger charge is 2.29. The first kappa shape index (κ1) is 15.3. The van der Waals surface area contributed by atoms with Gasteiger partial charge in [-0.1, -0.05) is 13.8 Å². The van der Waals surface area contributed by atoms with Crippen LogP contribution in [0.15, 0.2) is 6.33 Å². The lowest BCUT2D eigenvalue weighted by Gasteiger charge is -2.29. The van der Waals surface area contributed by atoms with Crippen LogP contribution in [0.25, 0.3) is 10.2 Å². The molecule has 1 saturated carbocycles. The quantitative estimate of drug-likeness (QED) is 0.918. The fourth-order valence-corrected chi connectivity index (χ4v) is 5.36. The summed E-state index contributed by atoms with van der Waals surface area (Å²) >= 11 is 1.83. The van der Waals surface area contributed by atoms with E-state index in [9.17, 15) is 0 Å². The Morgan fingerprint density at radius 3 is 2.83 bits per heavy atom. The Hall–Kier alpha value is -1.20. The van der Waals surface area contributed by atoms with Crippen LogP contribution < -0.4 is 10.1 Å². The van der Waals surface area contributed by atoms with Gasteiger partial charge in [-0.3, -0.25) is 0 Å². The van der Waals surface area contributed by atoms with Crippen molar-refractivity contribution in [3.8, 4) is 5.88 Å². The number of fused-ring (bicyclic) bond motifs is 3. The molecule has 1 N–H and O–H groups in total. The van der Waals surface area contributed by atoms with Gasteiger partial charge in [0.2, 0.25) is 5.88 Å². The van der Waals surface area contributed by atoms with Crippen LogP contribution in [0.3, 0.4) is 0 Å². The van der Waals surface area contributed by atoms with Crippen LogP contribution >= 0.6 is 11.3 Å². The summed E-state index contributed by atoms with van der Waals surface area (Å²) in [5.74, 6) is 1.43. The van der Waals surface area contributed by atoms with Crippen LogP contribution in [-0.2, 0) is 6.42 Å². The minimum atomic E-state index is 0.301. The van der Waals surface area contributed by atoms with Gasteiger partial charge >= 0.3 is 0 Å². The number of hydrogen-bond acceptors (Lipinski definition) is 5. The summed E-state index contributed by atoms with van der Waals surface area (Å²) in [5.41, 5.74) is 1.46. The van der Waals surface area contributed by atoms with Crippen molar-refractivity contribution >= 4 is 21.6 Å². The predicted octanol–water partition coefficient (Wildman–Crippen LogP) is 4.04. The molecule has 4 nitrogen and oxygen atoms in total. The zero-order valence-corrected chi connectivity index (χ0v) is 14.8. The number of hydrogen-bond donors (Lipinski definition) is 1. The van der Waals surface area contributed by atoms with Crippen LogP contribution in [0, 0.1) is 0 Å². The highest BCUT2D eigenvalue weighted by molar-refractivity contribution is 7.19. The van der Waals surface area contributed by atoms with Gasteiger partial charge in [0.25, 0.3) is 0 Å². The Kier molecular flexibility index (Phi) is 4.24. The Balaban J connectivity index is 1.56. The molecule has 0 bridgehead atoms. The third-order valence-electron chi connectivity index (χ3n) is 5.31. The summed E-state index contributed by atoms with van der Waals surface area (Å²) in [6, 6.07) is 0.663. The number of ether oxygens (including phenoxy) is 1. The first-order chi connectivity index (χ1) is 11.3. The number of nitrogens with one attached hydrogen (secondary N) is 1. The highest BCUT2D eigenvalue weighted by atomic mass is 32.1. The number of aryl methyl sites for hydroxylation is 1. The van der Waals surface area contributed by atoms with Crippen molar-refractivity contribution in [1.82, 2.24) is 15.3 Å². The average molecular weight is 331 g/mol. The van der Waals surface area contributed by atoms with Crippen molar-refractivity contribution in [3.63, 3.8) is 0 Å². The molecule has 2 aliphatic carbocycles. The molecule has 1 unspecified atom stereocenters. The molecule has 1 fully saturated rings. The summed E-state index contributed by atoms with van der Waals surface area (Å²) < 4.78 is 6.35. The predicted molar refractivity (Wildman–Crippen MR) is 94.5 cm³/mol. The van der Waals surface area contributed by atoms with Crippen LogP contribution in [0.4, 0.5) is 0 Å². The third kappa shape index (κ3) is 2.85. The number of nitrogens with zero attached hydrogens (tertiary/aromatic N) is 2. The van der Waals surface area contributed by atoms with Gasteiger partial charge in [-0.2, -0.15) is 0 Å². The summed E-state index contributed by atoms with van der Waals surface area (Å²) in [4.78, 5) is 11.6. The van der Waals surface area contributed by atoms with Crippen LogP contribution in [0.2, 0.25) is 0 Å². The molecule has 0 amide bonds. The SMILES string of the molecule is CCNC1CCC(Oc2ncnc3sc4c(c23)C(C)CC4)CC1. The van der Waals surface area contributed by atoms with Gasteiger partial charge in [0.1, 0.15) is 17.3 Å². The molecule has 0 aliphatic heterocycles. The van der Waals surface area contributed by atoms with Gasteiger partial charge in [-0.05, 0) is 56.6 Å². The van der Waals surface area contributed by atoms with Crippen LogP contribution in [0.5, 0.6) is 5.88 Å². The van der Waals surface area contributed by atoms with E-state index in [-0.39, 0.29) is 0 Å². The molecule has 2 aromatic heterocycles. The standard InChI is InChI=1S/C18H25N3OS/c1-3-19-12-5-7-13(8-6-12)22-17-16-15-11(2)4-9-14(15)23-18(16)21-10-20-17/h10-13,19H,3-9H2,1-2H3. The molecular weight excluding hydrogens is 306 g/mol. The van der Waals surface area contributed by atoms with Gasteiger partial charge in [0.05, 0.1) is 5.39 Å². The molecule has 0 spiro atoms. The zero-order valence-electron chi connectivity index (χ0n) is 14.0. The van der Waals surface area contributed by atoms with Gasteiger partial charge < -0.3 is 10.1 Å². The van der Waals surface area contributed by atoms with E-state index in [0.29, 0.717) is 18.1 Å². The number of rotatable bonds is 4. The van der Waals surface area contributed by atoms with Gasteiger partial charge in [0, 0.05) is 10.9 Å². The van der Waals surface area contributed by atoms with E-state index < -0.39 is 0 Å². The molecule has 23 heavy (non-hydrogen) atoms. The average Bonchev–Trinajstić information content (AvgIpc) is 3.10. The molecule has 1 atom stereocenters. The molecule has 4 rings (SSSR count). The molecule has 0 aromatic carbocycles. The largest absolute Gasteiger partial charge is 0.474 e. The monoisotopic (exact) mass is 331 g/mol. The second kappa shape index (κ2) is 6.36. The molecule has 5 heteroatoms. The smallest absolute Gasteiger partial charge is 0.225 e.